The van der Waals surface area contributed by atoms with Crippen LogP contribution in [-0.2, 0) is 6.42 Å². The summed E-state index contributed by atoms with van der Waals surface area (Å²) < 4.78 is 5.44. The maximum Gasteiger partial charge on any atom is 0.134 e. The molecule has 106 valence electrons. The Morgan fingerprint density at radius 3 is 2.60 bits per heavy atom. The number of hydrogen-bond donors (Lipinski definition) is 2. The van der Waals surface area contributed by atoms with Gasteiger partial charge in [0.1, 0.15) is 24.0 Å². The number of rotatable bonds is 6. The fraction of sp³-hybridized carbons (Fsp3) is 0.333. The Bertz CT molecular complexity index is 554. The van der Waals surface area contributed by atoms with Crippen molar-refractivity contribution in [1.29, 1.82) is 0 Å². The fourth-order valence-electron chi connectivity index (χ4n) is 1.83. The van der Waals surface area contributed by atoms with E-state index in [1.807, 2.05) is 37.3 Å². The molecule has 1 aromatic heterocycles. The van der Waals surface area contributed by atoms with Crippen LogP contribution in [0, 0.1) is 6.92 Å². The zero-order valence-corrected chi connectivity index (χ0v) is 11.9. The Morgan fingerprint density at radius 1 is 1.20 bits per heavy atom. The van der Waals surface area contributed by atoms with Crippen molar-refractivity contribution in [2.45, 2.75) is 20.3 Å². The maximum absolute atomic E-state index is 5.44. The Kier molecular flexibility index (Phi) is 4.90. The number of benzene rings is 1. The molecule has 0 saturated carbocycles. The highest BCUT2D eigenvalue weighted by Crippen LogP contribution is 2.19. The minimum absolute atomic E-state index is 0.514. The van der Waals surface area contributed by atoms with E-state index >= 15 is 0 Å². The van der Waals surface area contributed by atoms with Gasteiger partial charge in [-0.05, 0) is 37.6 Å². The highest BCUT2D eigenvalue weighted by molar-refractivity contribution is 5.57. The molecule has 0 bridgehead atoms. The molecule has 0 unspecified atom stereocenters. The molecule has 0 saturated heterocycles. The number of nitrogens with two attached hydrogens (primary N) is 1. The third-order valence-corrected chi connectivity index (χ3v) is 2.77. The second-order valence-electron chi connectivity index (χ2n) is 4.43. The van der Waals surface area contributed by atoms with E-state index in [2.05, 4.69) is 22.2 Å². The molecule has 2 rings (SSSR count). The van der Waals surface area contributed by atoms with Crippen molar-refractivity contribution in [1.82, 2.24) is 9.97 Å². The van der Waals surface area contributed by atoms with Crippen molar-refractivity contribution in [2.75, 3.05) is 18.5 Å². The number of hydrogen-bond acceptors (Lipinski definition) is 5. The molecule has 0 spiro atoms. The Labute approximate surface area is 119 Å². The van der Waals surface area contributed by atoms with E-state index in [9.17, 15) is 0 Å². The lowest BCUT2D eigenvalue weighted by molar-refractivity contribution is 0.328. The summed E-state index contributed by atoms with van der Waals surface area (Å²) in [6.07, 6.45) is 0.893. The number of anilines is 2. The van der Waals surface area contributed by atoms with Crippen LogP contribution in [0.1, 0.15) is 18.4 Å². The van der Waals surface area contributed by atoms with E-state index in [0.717, 1.165) is 35.2 Å². The summed E-state index contributed by atoms with van der Waals surface area (Å²) in [4.78, 5) is 8.74. The van der Waals surface area contributed by atoms with Gasteiger partial charge in [-0.15, -0.1) is 0 Å². The number of ether oxygens (including phenoxy) is 1. The molecular weight excluding hydrogens is 252 g/mol. The van der Waals surface area contributed by atoms with Gasteiger partial charge in [0.2, 0.25) is 0 Å². The van der Waals surface area contributed by atoms with Crippen LogP contribution in [0.25, 0.3) is 0 Å². The molecular formula is C15H20N4O. The monoisotopic (exact) mass is 272 g/mol. The van der Waals surface area contributed by atoms with Crippen molar-refractivity contribution in [3.8, 4) is 5.75 Å². The SMILES string of the molecule is CCc1cc(Nc2ccc(OCCN)cc2)nc(C)n1. The molecule has 1 aromatic carbocycles. The van der Waals surface area contributed by atoms with Crippen LogP contribution in [0.5, 0.6) is 5.75 Å². The third-order valence-electron chi connectivity index (χ3n) is 2.77. The molecule has 0 atom stereocenters. The smallest absolute Gasteiger partial charge is 0.134 e. The fourth-order valence-corrected chi connectivity index (χ4v) is 1.83. The van der Waals surface area contributed by atoms with E-state index in [1.165, 1.54) is 0 Å². The first kappa shape index (κ1) is 14.3. The number of aromatic nitrogens is 2. The highest BCUT2D eigenvalue weighted by Gasteiger charge is 2.01. The number of nitrogens with zero attached hydrogens (tertiary/aromatic N) is 2. The van der Waals surface area contributed by atoms with Crippen molar-refractivity contribution >= 4 is 11.5 Å². The highest BCUT2D eigenvalue weighted by atomic mass is 16.5. The standard InChI is InChI=1S/C15H20N4O/c1-3-12-10-15(18-11(2)17-12)19-13-4-6-14(7-5-13)20-9-8-16/h4-7,10H,3,8-9,16H2,1-2H3,(H,17,18,19). The average Bonchev–Trinajstić information content (AvgIpc) is 2.46. The Hall–Kier alpha value is -2.14. The van der Waals surface area contributed by atoms with E-state index in [0.29, 0.717) is 13.2 Å². The first-order valence-electron chi connectivity index (χ1n) is 6.75. The van der Waals surface area contributed by atoms with Crippen LogP contribution >= 0.6 is 0 Å². The molecule has 3 N–H and O–H groups in total. The zero-order chi connectivity index (χ0) is 14.4. The summed E-state index contributed by atoms with van der Waals surface area (Å²) in [5, 5.41) is 3.27. The lowest BCUT2D eigenvalue weighted by Crippen LogP contribution is -2.10. The van der Waals surface area contributed by atoms with Gasteiger partial charge in [-0.1, -0.05) is 6.92 Å². The van der Waals surface area contributed by atoms with E-state index in [4.69, 9.17) is 10.5 Å². The van der Waals surface area contributed by atoms with Crippen LogP contribution in [0.15, 0.2) is 30.3 Å². The van der Waals surface area contributed by atoms with Crippen LogP contribution in [0.4, 0.5) is 11.5 Å². The summed E-state index contributed by atoms with van der Waals surface area (Å²) in [6, 6.07) is 9.69. The molecule has 5 nitrogen and oxygen atoms in total. The average molecular weight is 272 g/mol. The summed E-state index contributed by atoms with van der Waals surface area (Å²) >= 11 is 0. The lowest BCUT2D eigenvalue weighted by Gasteiger charge is -2.09. The van der Waals surface area contributed by atoms with Crippen molar-refractivity contribution in [3.63, 3.8) is 0 Å². The normalized spacial score (nSPS) is 10.3. The van der Waals surface area contributed by atoms with Gasteiger partial charge in [-0.25, -0.2) is 9.97 Å². The van der Waals surface area contributed by atoms with Crippen molar-refractivity contribution < 1.29 is 4.74 Å². The molecule has 1 heterocycles. The molecule has 0 amide bonds. The largest absolute Gasteiger partial charge is 0.492 e. The van der Waals surface area contributed by atoms with E-state index in [-0.39, 0.29) is 0 Å². The predicted octanol–water partition coefficient (Wildman–Crippen LogP) is 2.43. The Morgan fingerprint density at radius 2 is 1.95 bits per heavy atom. The molecule has 0 fully saturated rings. The lowest BCUT2D eigenvalue weighted by atomic mass is 10.3. The van der Waals surface area contributed by atoms with Gasteiger partial charge < -0.3 is 15.8 Å². The summed E-state index contributed by atoms with van der Waals surface area (Å²) in [5.74, 6) is 2.40. The first-order chi connectivity index (χ1) is 9.71. The van der Waals surface area contributed by atoms with Crippen LogP contribution in [0.2, 0.25) is 0 Å². The summed E-state index contributed by atoms with van der Waals surface area (Å²) in [7, 11) is 0. The van der Waals surface area contributed by atoms with Gasteiger partial charge in [0.15, 0.2) is 0 Å². The minimum Gasteiger partial charge on any atom is -0.492 e. The molecule has 0 aliphatic carbocycles. The van der Waals surface area contributed by atoms with Gasteiger partial charge in [0, 0.05) is 24.0 Å². The van der Waals surface area contributed by atoms with Gasteiger partial charge >= 0.3 is 0 Å². The Balaban J connectivity index is 2.07. The maximum atomic E-state index is 5.44. The van der Waals surface area contributed by atoms with Crippen molar-refractivity contribution in [2.24, 2.45) is 5.73 Å². The first-order valence-corrected chi connectivity index (χ1v) is 6.75. The van der Waals surface area contributed by atoms with Gasteiger partial charge in [-0.2, -0.15) is 0 Å². The van der Waals surface area contributed by atoms with E-state index in [1.54, 1.807) is 0 Å². The summed E-state index contributed by atoms with van der Waals surface area (Å²) in [6.45, 7) is 5.01. The summed E-state index contributed by atoms with van der Waals surface area (Å²) in [5.41, 5.74) is 7.39. The molecule has 20 heavy (non-hydrogen) atoms. The van der Waals surface area contributed by atoms with Gasteiger partial charge in [-0.3, -0.25) is 0 Å². The quantitative estimate of drug-likeness (QED) is 0.845. The predicted molar refractivity (Wildman–Crippen MR) is 80.4 cm³/mol. The third kappa shape index (κ3) is 3.93. The van der Waals surface area contributed by atoms with Crippen molar-refractivity contribution in [3.05, 3.63) is 41.9 Å². The molecule has 0 aliphatic rings. The second kappa shape index (κ2) is 6.86. The van der Waals surface area contributed by atoms with Gasteiger partial charge in [0.05, 0.1) is 0 Å². The number of aryl methyl sites for hydroxylation is 2. The molecule has 5 heteroatoms. The minimum atomic E-state index is 0.514. The number of nitrogens with one attached hydrogen (secondary N) is 1. The van der Waals surface area contributed by atoms with Crippen LogP contribution in [0.3, 0.4) is 0 Å². The van der Waals surface area contributed by atoms with Gasteiger partial charge in [0.25, 0.3) is 0 Å². The van der Waals surface area contributed by atoms with Crippen LogP contribution in [-0.4, -0.2) is 23.1 Å². The zero-order valence-electron chi connectivity index (χ0n) is 11.9. The van der Waals surface area contributed by atoms with E-state index < -0.39 is 0 Å². The van der Waals surface area contributed by atoms with Crippen LogP contribution < -0.4 is 15.8 Å². The molecule has 0 aliphatic heterocycles. The molecule has 2 aromatic rings. The molecule has 0 radical (unpaired) electrons. The second-order valence-corrected chi connectivity index (χ2v) is 4.43. The topological polar surface area (TPSA) is 73.1 Å².